The van der Waals surface area contributed by atoms with E-state index in [9.17, 15) is 5.48 Å². The Balaban J connectivity index is 0.00000631. The molecule has 2 aliphatic heterocycles. The van der Waals surface area contributed by atoms with Crippen molar-refractivity contribution in [3.63, 3.8) is 0 Å². The summed E-state index contributed by atoms with van der Waals surface area (Å²) < 4.78 is 102. The van der Waals surface area contributed by atoms with E-state index >= 15 is 0 Å². The first kappa shape index (κ1) is 34.1. The monoisotopic (exact) mass is 1110 g/mol. The Morgan fingerprint density at radius 1 is 0.639 bits per heavy atom. The topological polar surface area (TPSA) is 39.1 Å². The summed E-state index contributed by atoms with van der Waals surface area (Å²) in [5, 5.41) is 2.01. The molecule has 14 rings (SSSR count). The molecule has 3 aromatic heterocycles. The van der Waals surface area contributed by atoms with Crippen molar-refractivity contribution in [3.05, 3.63) is 236 Å². The van der Waals surface area contributed by atoms with Crippen molar-refractivity contribution in [2.45, 2.75) is 26.2 Å². The number of anilines is 2. The second-order valence-electron chi connectivity index (χ2n) is 18.8. The van der Waals surface area contributed by atoms with Gasteiger partial charge in [-0.2, -0.15) is 12.1 Å². The molecule has 9 aromatic carbocycles. The fourth-order valence-electron chi connectivity index (χ4n) is 10.6. The first-order valence-electron chi connectivity index (χ1n) is 28.4. The van der Waals surface area contributed by atoms with Crippen LogP contribution in [0.25, 0.3) is 83.4 Å². The van der Waals surface area contributed by atoms with Crippen molar-refractivity contribution in [1.29, 1.82) is 0 Å². The Bertz CT molecular complexity index is 4570. The second-order valence-corrected chi connectivity index (χ2v) is 18.8. The number of ether oxygens (including phenoxy) is 1. The first-order valence-corrected chi connectivity index (χ1v) is 23.4. The van der Waals surface area contributed by atoms with Gasteiger partial charge in [0.1, 0.15) is 5.82 Å². The maximum atomic E-state index is 9.29. The average molecular weight is 1120 g/mol. The number of hydrogen-bond donors (Lipinski definition) is 0. The molecule has 0 unspecified atom stereocenters. The zero-order chi connectivity index (χ0) is 56.1. The van der Waals surface area contributed by atoms with Crippen LogP contribution in [-0.2, 0) is 26.5 Å². The SMILES string of the molecule is [2H]c1c([2H])c([2H])c(-c2cccc(-c3c([2H])c([2H])c([2H])c([2H])c3[2H])c2-[n+]2[c-]n3c4c5c(ccc42)-c2ccccc2B5N(c2ccccc2)c2ccc(Oc4[c-]c5c(cc4)c4ccccc4n5-c4cc(C(C)(C)C)ccn4)[c-]c2-3)c([2H])c1[2H].[Pt]. The van der Waals surface area contributed by atoms with Crippen molar-refractivity contribution < 1.29 is 44.1 Å². The van der Waals surface area contributed by atoms with Gasteiger partial charge in [0.2, 0.25) is 0 Å². The Hall–Kier alpha value is -8.25. The number of rotatable bonds is 7. The zero-order valence-electron chi connectivity index (χ0n) is 49.0. The largest absolute Gasteiger partial charge is 0.510 e. The molecule has 2 aliphatic rings. The fourth-order valence-corrected chi connectivity index (χ4v) is 10.6. The van der Waals surface area contributed by atoms with Gasteiger partial charge in [-0.1, -0.05) is 183 Å². The number of fused-ring (bicyclic) bond motifs is 8. The van der Waals surface area contributed by atoms with Gasteiger partial charge in [0.15, 0.2) is 0 Å². The van der Waals surface area contributed by atoms with Crippen molar-refractivity contribution in [2.75, 3.05) is 4.81 Å². The molecule has 0 spiro atoms. The van der Waals surface area contributed by atoms with Gasteiger partial charge < -0.3 is 18.7 Å². The van der Waals surface area contributed by atoms with Gasteiger partial charge in [-0.15, -0.1) is 29.7 Å². The van der Waals surface area contributed by atoms with Gasteiger partial charge in [-0.3, -0.25) is 4.57 Å². The van der Waals surface area contributed by atoms with E-state index in [4.69, 9.17) is 17.9 Å². The van der Waals surface area contributed by atoms with E-state index in [0.717, 1.165) is 66.6 Å². The molecular weight excluding hydrogens is 1060 g/mol. The van der Waals surface area contributed by atoms with Crippen LogP contribution in [0.5, 0.6) is 11.5 Å². The molecule has 0 atom stereocenters. The standard InChI is InChI=1S/C64H44BN5O.Pt/c1-64(2,3)44-36-37-66-60(38-44)69-55-29-16-14-25-51(55)52-32-30-46(39-58(52)69)71-47-31-34-56-59(40-47)68-41-67(62-48(42-18-7-4-8-19-42)26-17-27-49(62)43-20-9-5-10-21-43)57-35-33-53-50-24-13-15-28-54(50)65(61(53)63(57)68)70(56)45-22-11-6-12-23-45;/h4-38H,1-3H3;/q-2;/i4D,5D,7D,8D,9D,10D,18D,19D,20D,21D;. The Labute approximate surface area is 447 Å². The number of aromatic nitrogens is 4. The van der Waals surface area contributed by atoms with Gasteiger partial charge in [-0.25, -0.2) is 4.98 Å². The molecular formula is C64H44BN5OPt-2. The third-order valence-corrected chi connectivity index (χ3v) is 13.7. The van der Waals surface area contributed by atoms with E-state index in [1.54, 1.807) is 22.8 Å². The van der Waals surface area contributed by atoms with E-state index in [2.05, 4.69) is 91.1 Å². The minimum Gasteiger partial charge on any atom is -0.510 e. The molecule has 0 amide bonds. The maximum Gasteiger partial charge on any atom is 0.313 e. The molecule has 0 saturated heterocycles. The average Bonchev–Trinajstić information content (AvgIpc) is 3.34. The molecule has 0 bridgehead atoms. The van der Waals surface area contributed by atoms with Gasteiger partial charge in [0, 0.05) is 50.0 Å². The molecule has 0 aliphatic carbocycles. The summed E-state index contributed by atoms with van der Waals surface area (Å²) in [5.41, 5.74) is 10.2. The van der Waals surface area contributed by atoms with E-state index in [1.165, 1.54) is 0 Å². The van der Waals surface area contributed by atoms with Crippen LogP contribution in [0.3, 0.4) is 0 Å². The molecule has 0 N–H and O–H groups in total. The Morgan fingerprint density at radius 2 is 1.32 bits per heavy atom. The van der Waals surface area contributed by atoms with Crippen LogP contribution < -0.4 is 25.0 Å². The summed E-state index contributed by atoms with van der Waals surface area (Å²) in [4.78, 5) is 7.16. The Morgan fingerprint density at radius 3 is 2.08 bits per heavy atom. The van der Waals surface area contributed by atoms with E-state index in [-0.39, 0.29) is 54.4 Å². The van der Waals surface area contributed by atoms with E-state index < -0.39 is 67.3 Å². The number of hydrogen-bond acceptors (Lipinski definition) is 3. The summed E-state index contributed by atoms with van der Waals surface area (Å²) in [6.07, 6.45) is 5.50. The summed E-state index contributed by atoms with van der Waals surface area (Å²) in [7, 11) is 0. The predicted octanol–water partition coefficient (Wildman–Crippen LogP) is 13.5. The van der Waals surface area contributed by atoms with Gasteiger partial charge in [0.25, 0.3) is 6.33 Å². The molecule has 0 fully saturated rings. The summed E-state index contributed by atoms with van der Waals surface area (Å²) in [6.45, 7) is 6.10. The van der Waals surface area contributed by atoms with Crippen LogP contribution in [0.1, 0.15) is 40.0 Å². The number of benzene rings is 9. The second kappa shape index (κ2) is 17.0. The van der Waals surface area contributed by atoms with Gasteiger partial charge >= 0.3 is 6.85 Å². The summed E-state index contributed by atoms with van der Waals surface area (Å²) in [6, 6.07) is 49.4. The maximum absolute atomic E-state index is 9.29. The molecule has 0 saturated carbocycles. The number of pyridine rings is 1. The number of imidazole rings is 1. The third kappa shape index (κ3) is 6.82. The van der Waals surface area contributed by atoms with Crippen molar-refractivity contribution in [2.24, 2.45) is 0 Å². The van der Waals surface area contributed by atoms with Gasteiger partial charge in [0.05, 0.1) is 30.4 Å². The molecule has 8 heteroatoms. The van der Waals surface area contributed by atoms with Crippen LogP contribution in [0.4, 0.5) is 11.4 Å². The first-order chi connectivity index (χ1) is 39.0. The zero-order valence-corrected chi connectivity index (χ0v) is 41.2. The summed E-state index contributed by atoms with van der Waals surface area (Å²) in [5.74, 6) is 1.52. The van der Waals surface area contributed by atoms with E-state index in [1.807, 2.05) is 95.7 Å². The number of para-hydroxylation sites is 3. The van der Waals surface area contributed by atoms with Crippen molar-refractivity contribution in [1.82, 2.24) is 14.1 Å². The summed E-state index contributed by atoms with van der Waals surface area (Å²) >= 11 is 0. The smallest absolute Gasteiger partial charge is 0.313 e. The van der Waals surface area contributed by atoms with Crippen LogP contribution in [0.2, 0.25) is 0 Å². The van der Waals surface area contributed by atoms with Crippen molar-refractivity contribution >= 4 is 62.0 Å². The third-order valence-electron chi connectivity index (χ3n) is 13.7. The van der Waals surface area contributed by atoms with E-state index in [0.29, 0.717) is 28.2 Å². The minimum atomic E-state index is -0.577. The molecule has 346 valence electrons. The number of nitrogens with zero attached hydrogens (tertiary/aromatic N) is 5. The normalized spacial score (nSPS) is 14.4. The predicted molar refractivity (Wildman–Crippen MR) is 289 cm³/mol. The Kier molecular flexibility index (Phi) is 8.05. The quantitative estimate of drug-likeness (QED) is 0.0907. The van der Waals surface area contributed by atoms with Crippen LogP contribution in [0.15, 0.2) is 212 Å². The molecule has 12 aromatic rings. The fraction of sp³-hybridized carbons (Fsp3) is 0.0625. The molecule has 72 heavy (non-hydrogen) atoms. The van der Waals surface area contributed by atoms with Crippen LogP contribution in [0, 0.1) is 18.5 Å². The molecule has 6 nitrogen and oxygen atoms in total. The van der Waals surface area contributed by atoms with Crippen molar-refractivity contribution in [3.8, 4) is 62.1 Å². The van der Waals surface area contributed by atoms with Crippen LogP contribution in [-0.4, -0.2) is 21.0 Å². The molecule has 0 radical (unpaired) electrons. The van der Waals surface area contributed by atoms with Gasteiger partial charge in [-0.05, 0) is 96.7 Å². The minimum absolute atomic E-state index is 0. The van der Waals surface area contributed by atoms with Crippen LogP contribution >= 0.6 is 0 Å². The molecule has 5 heterocycles.